The molecule has 1 saturated heterocycles. The number of amides is 2. The number of carboxylic acids is 1. The molecule has 1 aliphatic heterocycles. The van der Waals surface area contributed by atoms with Crippen molar-refractivity contribution in [3.63, 3.8) is 0 Å². The number of nitrogens with zero attached hydrogens (tertiary/aromatic N) is 2. The molecule has 1 aromatic rings. The third kappa shape index (κ3) is 4.44. The summed E-state index contributed by atoms with van der Waals surface area (Å²) in [6, 6.07) is 3.58. The van der Waals surface area contributed by atoms with Gasteiger partial charge < -0.3 is 15.3 Å². The number of pyridine rings is 1. The van der Waals surface area contributed by atoms with Crippen molar-refractivity contribution in [1.29, 1.82) is 0 Å². The van der Waals surface area contributed by atoms with Gasteiger partial charge in [0.25, 0.3) is 0 Å². The fourth-order valence-electron chi connectivity index (χ4n) is 2.57. The summed E-state index contributed by atoms with van der Waals surface area (Å²) in [5.41, 5.74) is 0.965. The molecule has 2 rings (SSSR count). The molecule has 0 radical (unpaired) electrons. The molecule has 2 atom stereocenters. The largest absolute Gasteiger partial charge is 0.481 e. The van der Waals surface area contributed by atoms with Crippen LogP contribution >= 0.6 is 0 Å². The number of hydrogen-bond donors (Lipinski definition) is 2. The van der Waals surface area contributed by atoms with Gasteiger partial charge in [-0.3, -0.25) is 9.78 Å². The highest BCUT2D eigenvalue weighted by Crippen LogP contribution is 2.21. The number of likely N-dealkylation sites (tertiary alicyclic amines) is 1. The van der Waals surface area contributed by atoms with Crippen LogP contribution < -0.4 is 5.32 Å². The van der Waals surface area contributed by atoms with Crippen LogP contribution in [0.25, 0.3) is 0 Å². The summed E-state index contributed by atoms with van der Waals surface area (Å²) in [5.74, 6) is -0.483. The predicted molar refractivity (Wildman–Crippen MR) is 77.7 cm³/mol. The minimum atomic E-state index is -0.775. The monoisotopic (exact) mass is 291 g/mol. The Hall–Kier alpha value is -2.11. The normalized spacial score (nSPS) is 19.3. The molecule has 2 N–H and O–H groups in total. The number of urea groups is 1. The number of aliphatic carboxylic acids is 1. The molecule has 0 saturated carbocycles. The molecular weight excluding hydrogens is 270 g/mol. The highest BCUT2D eigenvalue weighted by atomic mass is 16.4. The van der Waals surface area contributed by atoms with Crippen molar-refractivity contribution in [2.24, 2.45) is 5.92 Å². The molecule has 114 valence electrons. The highest BCUT2D eigenvalue weighted by molar-refractivity contribution is 5.75. The molecule has 2 amide bonds. The Balaban J connectivity index is 1.80. The molecule has 1 aromatic heterocycles. The van der Waals surface area contributed by atoms with Gasteiger partial charge in [0.2, 0.25) is 0 Å². The van der Waals surface area contributed by atoms with Crippen LogP contribution in [0.1, 0.15) is 37.8 Å². The lowest BCUT2D eigenvalue weighted by molar-refractivity contribution is -0.137. The van der Waals surface area contributed by atoms with Crippen molar-refractivity contribution in [3.05, 3.63) is 30.1 Å². The molecule has 2 heterocycles. The van der Waals surface area contributed by atoms with Crippen LogP contribution in [0.4, 0.5) is 4.79 Å². The maximum absolute atomic E-state index is 12.2. The summed E-state index contributed by atoms with van der Waals surface area (Å²) in [4.78, 5) is 28.6. The summed E-state index contributed by atoms with van der Waals surface area (Å²) < 4.78 is 0. The number of rotatable bonds is 5. The van der Waals surface area contributed by atoms with Gasteiger partial charge in [-0.05, 0) is 37.3 Å². The van der Waals surface area contributed by atoms with Crippen molar-refractivity contribution < 1.29 is 14.7 Å². The van der Waals surface area contributed by atoms with Gasteiger partial charge in [-0.15, -0.1) is 0 Å². The first-order chi connectivity index (χ1) is 10.1. The molecule has 1 aliphatic rings. The quantitative estimate of drug-likeness (QED) is 0.869. The van der Waals surface area contributed by atoms with E-state index >= 15 is 0 Å². The molecule has 0 spiro atoms. The highest BCUT2D eigenvalue weighted by Gasteiger charge is 2.27. The number of carbonyl (C=O) groups is 2. The standard InChI is InChI=1S/C15H21N3O3/c1-11(13-3-2-7-16-9-13)17-15(21)18-8-6-12(10-18)4-5-14(19)20/h2-3,7,9,11-12H,4-6,8,10H2,1H3,(H,17,21)(H,19,20). The van der Waals surface area contributed by atoms with E-state index in [4.69, 9.17) is 5.11 Å². The van der Waals surface area contributed by atoms with E-state index in [1.54, 1.807) is 17.3 Å². The van der Waals surface area contributed by atoms with Crippen LogP contribution in [0.5, 0.6) is 0 Å². The lowest BCUT2D eigenvalue weighted by Crippen LogP contribution is -2.39. The van der Waals surface area contributed by atoms with E-state index in [0.29, 0.717) is 25.4 Å². The lowest BCUT2D eigenvalue weighted by atomic mass is 10.0. The fourth-order valence-corrected chi connectivity index (χ4v) is 2.57. The number of carboxylic acid groups (broad SMARTS) is 1. The summed E-state index contributed by atoms with van der Waals surface area (Å²) in [6.07, 6.45) is 5.13. The lowest BCUT2D eigenvalue weighted by Gasteiger charge is -2.21. The summed E-state index contributed by atoms with van der Waals surface area (Å²) in [7, 11) is 0. The second kappa shape index (κ2) is 7.06. The van der Waals surface area contributed by atoms with Crippen molar-refractivity contribution >= 4 is 12.0 Å². The zero-order valence-corrected chi connectivity index (χ0v) is 12.2. The smallest absolute Gasteiger partial charge is 0.317 e. The summed E-state index contributed by atoms with van der Waals surface area (Å²) in [5, 5.41) is 11.6. The van der Waals surface area contributed by atoms with E-state index in [-0.39, 0.29) is 18.5 Å². The molecule has 0 bridgehead atoms. The molecule has 1 fully saturated rings. The Morgan fingerprint density at radius 1 is 1.57 bits per heavy atom. The van der Waals surface area contributed by atoms with E-state index in [1.165, 1.54) is 0 Å². The van der Waals surface area contributed by atoms with Gasteiger partial charge in [0, 0.05) is 31.9 Å². The SMILES string of the molecule is CC(NC(=O)N1CCC(CCC(=O)O)C1)c1cccnc1. The van der Waals surface area contributed by atoms with Gasteiger partial charge in [-0.25, -0.2) is 4.79 Å². The number of aromatic nitrogens is 1. The maximum atomic E-state index is 12.2. The van der Waals surface area contributed by atoms with Gasteiger partial charge in [0.05, 0.1) is 6.04 Å². The van der Waals surface area contributed by atoms with E-state index < -0.39 is 5.97 Å². The Kier molecular flexibility index (Phi) is 5.14. The predicted octanol–water partition coefficient (Wildman–Crippen LogP) is 2.04. The fraction of sp³-hybridized carbons (Fsp3) is 0.533. The van der Waals surface area contributed by atoms with Crippen molar-refractivity contribution in [2.75, 3.05) is 13.1 Å². The molecule has 0 aliphatic carbocycles. The zero-order valence-electron chi connectivity index (χ0n) is 12.2. The second-order valence-corrected chi connectivity index (χ2v) is 5.49. The maximum Gasteiger partial charge on any atom is 0.317 e. The third-order valence-corrected chi connectivity index (χ3v) is 3.86. The van der Waals surface area contributed by atoms with E-state index in [9.17, 15) is 9.59 Å². The topological polar surface area (TPSA) is 82.5 Å². The number of hydrogen-bond acceptors (Lipinski definition) is 3. The Morgan fingerprint density at radius 3 is 3.05 bits per heavy atom. The van der Waals surface area contributed by atoms with Crippen LogP contribution in [-0.2, 0) is 4.79 Å². The van der Waals surface area contributed by atoms with Gasteiger partial charge >= 0.3 is 12.0 Å². The van der Waals surface area contributed by atoms with Crippen LogP contribution in [-0.4, -0.2) is 40.1 Å². The molecular formula is C15H21N3O3. The number of nitrogens with one attached hydrogen (secondary N) is 1. The molecule has 21 heavy (non-hydrogen) atoms. The van der Waals surface area contributed by atoms with Gasteiger partial charge in [0.15, 0.2) is 0 Å². The Bertz CT molecular complexity index is 492. The number of carbonyl (C=O) groups excluding carboxylic acids is 1. The van der Waals surface area contributed by atoms with Gasteiger partial charge in [-0.1, -0.05) is 6.07 Å². The molecule has 6 heteroatoms. The average Bonchev–Trinajstić information content (AvgIpc) is 2.95. The molecule has 6 nitrogen and oxygen atoms in total. The molecule has 2 unspecified atom stereocenters. The van der Waals surface area contributed by atoms with Crippen molar-refractivity contribution in [3.8, 4) is 0 Å². The Morgan fingerprint density at radius 2 is 2.38 bits per heavy atom. The van der Waals surface area contributed by atoms with Gasteiger partial charge in [-0.2, -0.15) is 0 Å². The minimum Gasteiger partial charge on any atom is -0.481 e. The first kappa shape index (κ1) is 15.3. The average molecular weight is 291 g/mol. The Labute approximate surface area is 124 Å². The zero-order chi connectivity index (χ0) is 15.2. The van der Waals surface area contributed by atoms with Crippen molar-refractivity contribution in [2.45, 2.75) is 32.2 Å². The van der Waals surface area contributed by atoms with E-state index in [1.807, 2.05) is 19.1 Å². The molecule has 0 aromatic carbocycles. The van der Waals surface area contributed by atoms with Gasteiger partial charge in [0.1, 0.15) is 0 Å². The third-order valence-electron chi connectivity index (χ3n) is 3.86. The second-order valence-electron chi connectivity index (χ2n) is 5.49. The minimum absolute atomic E-state index is 0.0933. The van der Waals surface area contributed by atoms with E-state index in [2.05, 4.69) is 10.3 Å². The summed E-state index contributed by atoms with van der Waals surface area (Å²) in [6.45, 7) is 3.25. The van der Waals surface area contributed by atoms with Crippen LogP contribution in [0.2, 0.25) is 0 Å². The van der Waals surface area contributed by atoms with Crippen LogP contribution in [0, 0.1) is 5.92 Å². The van der Waals surface area contributed by atoms with E-state index in [0.717, 1.165) is 12.0 Å². The first-order valence-electron chi connectivity index (χ1n) is 7.23. The summed E-state index contributed by atoms with van der Waals surface area (Å²) >= 11 is 0. The van der Waals surface area contributed by atoms with Crippen molar-refractivity contribution in [1.82, 2.24) is 15.2 Å². The van der Waals surface area contributed by atoms with Crippen LogP contribution in [0.3, 0.4) is 0 Å². The first-order valence-corrected chi connectivity index (χ1v) is 7.23. The van der Waals surface area contributed by atoms with Crippen LogP contribution in [0.15, 0.2) is 24.5 Å².